The van der Waals surface area contributed by atoms with Gasteiger partial charge in [-0.25, -0.2) is 9.38 Å². The van der Waals surface area contributed by atoms with Crippen molar-refractivity contribution in [3.63, 3.8) is 0 Å². The third-order valence-electron chi connectivity index (χ3n) is 3.95. The summed E-state index contributed by atoms with van der Waals surface area (Å²) in [6.07, 6.45) is -0.405. The SMILES string of the molecule is CCNC(=NCc1ccc(F)cc1C(F)(F)F)NCCc1ccncc1C. The molecule has 0 aliphatic carbocycles. The van der Waals surface area contributed by atoms with E-state index >= 15 is 0 Å². The molecule has 0 saturated carbocycles. The average Bonchev–Trinajstić information content (AvgIpc) is 2.61. The minimum Gasteiger partial charge on any atom is -0.357 e. The van der Waals surface area contributed by atoms with Crippen molar-refractivity contribution in [2.24, 2.45) is 4.99 Å². The molecule has 1 heterocycles. The molecule has 8 heteroatoms. The minimum absolute atomic E-state index is 0.0777. The van der Waals surface area contributed by atoms with E-state index in [-0.39, 0.29) is 12.1 Å². The Labute approximate surface area is 155 Å². The van der Waals surface area contributed by atoms with Crippen LogP contribution in [0.2, 0.25) is 0 Å². The second-order valence-electron chi connectivity index (χ2n) is 5.97. The number of hydrogen-bond donors (Lipinski definition) is 2. The van der Waals surface area contributed by atoms with Gasteiger partial charge in [0.2, 0.25) is 0 Å². The van der Waals surface area contributed by atoms with Crippen molar-refractivity contribution < 1.29 is 17.6 Å². The number of benzene rings is 1. The molecule has 0 spiro atoms. The largest absolute Gasteiger partial charge is 0.416 e. The molecule has 0 bridgehead atoms. The van der Waals surface area contributed by atoms with Crippen LogP contribution in [0.5, 0.6) is 0 Å². The van der Waals surface area contributed by atoms with Crippen LogP contribution in [0.25, 0.3) is 0 Å². The fourth-order valence-electron chi connectivity index (χ4n) is 2.55. The van der Waals surface area contributed by atoms with Crippen molar-refractivity contribution >= 4 is 5.96 Å². The molecule has 1 aromatic carbocycles. The van der Waals surface area contributed by atoms with Crippen LogP contribution in [0.15, 0.2) is 41.7 Å². The number of pyridine rings is 1. The minimum atomic E-state index is -4.63. The summed E-state index contributed by atoms with van der Waals surface area (Å²) in [7, 11) is 0. The molecule has 146 valence electrons. The molecule has 0 fully saturated rings. The zero-order chi connectivity index (χ0) is 19.9. The Morgan fingerprint density at radius 1 is 1.15 bits per heavy atom. The fraction of sp³-hybridized carbons (Fsp3) is 0.368. The average molecular weight is 382 g/mol. The summed E-state index contributed by atoms with van der Waals surface area (Å²) in [5.74, 6) is -0.519. The van der Waals surface area contributed by atoms with E-state index in [0.29, 0.717) is 25.1 Å². The predicted molar refractivity (Wildman–Crippen MR) is 96.9 cm³/mol. The molecule has 0 saturated heterocycles. The van der Waals surface area contributed by atoms with Crippen molar-refractivity contribution in [3.05, 3.63) is 64.7 Å². The lowest BCUT2D eigenvalue weighted by Gasteiger charge is -2.14. The Hall–Kier alpha value is -2.64. The molecule has 1 aromatic heterocycles. The highest BCUT2D eigenvalue weighted by atomic mass is 19.4. The first-order valence-corrected chi connectivity index (χ1v) is 8.58. The van der Waals surface area contributed by atoms with Gasteiger partial charge in [0.15, 0.2) is 5.96 Å². The summed E-state index contributed by atoms with van der Waals surface area (Å²) < 4.78 is 52.4. The Balaban J connectivity index is 2.06. The Bertz CT molecular complexity index is 788. The highest BCUT2D eigenvalue weighted by molar-refractivity contribution is 5.79. The molecule has 0 radical (unpaired) electrons. The van der Waals surface area contributed by atoms with Gasteiger partial charge in [-0.15, -0.1) is 0 Å². The highest BCUT2D eigenvalue weighted by Gasteiger charge is 2.33. The summed E-state index contributed by atoms with van der Waals surface area (Å²) >= 11 is 0. The third kappa shape index (κ3) is 6.23. The van der Waals surface area contributed by atoms with Gasteiger partial charge in [-0.3, -0.25) is 4.98 Å². The number of hydrogen-bond acceptors (Lipinski definition) is 2. The van der Waals surface area contributed by atoms with Crippen LogP contribution in [0.4, 0.5) is 17.6 Å². The summed E-state index contributed by atoms with van der Waals surface area (Å²) in [6, 6.07) is 4.55. The first-order chi connectivity index (χ1) is 12.8. The van der Waals surface area contributed by atoms with Gasteiger partial charge in [0.25, 0.3) is 0 Å². The van der Waals surface area contributed by atoms with Crippen molar-refractivity contribution in [1.29, 1.82) is 0 Å². The van der Waals surface area contributed by atoms with Crippen LogP contribution in [-0.2, 0) is 19.1 Å². The predicted octanol–water partition coefficient (Wildman–Crippen LogP) is 3.85. The Morgan fingerprint density at radius 2 is 1.93 bits per heavy atom. The van der Waals surface area contributed by atoms with Gasteiger partial charge >= 0.3 is 6.18 Å². The number of alkyl halides is 3. The van der Waals surface area contributed by atoms with E-state index in [0.717, 1.165) is 29.7 Å². The molecule has 0 unspecified atom stereocenters. The van der Waals surface area contributed by atoms with Crippen molar-refractivity contribution in [3.8, 4) is 0 Å². The maximum Gasteiger partial charge on any atom is 0.416 e. The molecule has 0 aliphatic heterocycles. The standard InChI is InChI=1S/C19H22F4N4/c1-3-25-18(26-9-7-14-6-8-24-11-13(14)2)27-12-15-4-5-16(20)10-17(15)19(21,22)23/h4-6,8,10-11H,3,7,9,12H2,1-2H3,(H2,25,26,27). The van der Waals surface area contributed by atoms with Crippen LogP contribution in [0.1, 0.15) is 29.2 Å². The molecular formula is C19H22F4N4. The molecule has 2 N–H and O–H groups in total. The van der Waals surface area contributed by atoms with E-state index in [4.69, 9.17) is 0 Å². The first-order valence-electron chi connectivity index (χ1n) is 8.58. The van der Waals surface area contributed by atoms with E-state index in [1.165, 1.54) is 0 Å². The number of halogens is 4. The van der Waals surface area contributed by atoms with E-state index < -0.39 is 17.6 Å². The lowest BCUT2D eigenvalue weighted by Crippen LogP contribution is -2.38. The number of nitrogens with one attached hydrogen (secondary N) is 2. The second kappa shape index (κ2) is 9.34. The monoisotopic (exact) mass is 382 g/mol. The van der Waals surface area contributed by atoms with Gasteiger partial charge in [0.1, 0.15) is 5.82 Å². The second-order valence-corrected chi connectivity index (χ2v) is 5.97. The van der Waals surface area contributed by atoms with Gasteiger partial charge in [-0.2, -0.15) is 13.2 Å². The number of nitrogens with zero attached hydrogens (tertiary/aromatic N) is 2. The number of guanidine groups is 1. The van der Waals surface area contributed by atoms with Crippen LogP contribution in [0, 0.1) is 12.7 Å². The molecular weight excluding hydrogens is 360 g/mol. The number of rotatable bonds is 6. The lowest BCUT2D eigenvalue weighted by molar-refractivity contribution is -0.138. The molecule has 0 aliphatic rings. The van der Waals surface area contributed by atoms with Gasteiger partial charge in [0, 0.05) is 25.5 Å². The van der Waals surface area contributed by atoms with Gasteiger partial charge in [-0.1, -0.05) is 6.07 Å². The number of aliphatic imine (C=N–C) groups is 1. The zero-order valence-corrected chi connectivity index (χ0v) is 15.2. The van der Waals surface area contributed by atoms with Gasteiger partial charge in [-0.05, 0) is 55.2 Å². The summed E-state index contributed by atoms with van der Waals surface area (Å²) in [5, 5.41) is 6.09. The Morgan fingerprint density at radius 3 is 2.59 bits per heavy atom. The molecule has 2 aromatic rings. The molecule has 4 nitrogen and oxygen atoms in total. The third-order valence-corrected chi connectivity index (χ3v) is 3.95. The zero-order valence-electron chi connectivity index (χ0n) is 15.2. The molecule has 0 amide bonds. The highest BCUT2D eigenvalue weighted by Crippen LogP contribution is 2.32. The fourth-order valence-corrected chi connectivity index (χ4v) is 2.55. The summed E-state index contributed by atoms with van der Waals surface area (Å²) in [6.45, 7) is 4.75. The lowest BCUT2D eigenvalue weighted by atomic mass is 10.1. The summed E-state index contributed by atoms with van der Waals surface area (Å²) in [4.78, 5) is 8.24. The normalized spacial score (nSPS) is 12.1. The molecule has 27 heavy (non-hydrogen) atoms. The maximum atomic E-state index is 13.2. The topological polar surface area (TPSA) is 49.3 Å². The van der Waals surface area contributed by atoms with Crippen LogP contribution < -0.4 is 10.6 Å². The van der Waals surface area contributed by atoms with Crippen molar-refractivity contribution in [1.82, 2.24) is 15.6 Å². The first kappa shape index (κ1) is 20.7. The van der Waals surface area contributed by atoms with Crippen molar-refractivity contribution in [2.75, 3.05) is 13.1 Å². The van der Waals surface area contributed by atoms with E-state index in [1.807, 2.05) is 19.9 Å². The van der Waals surface area contributed by atoms with Crippen LogP contribution in [-0.4, -0.2) is 24.0 Å². The quantitative estimate of drug-likeness (QED) is 0.453. The number of aromatic nitrogens is 1. The number of aryl methyl sites for hydroxylation is 1. The Kier molecular flexibility index (Phi) is 7.15. The van der Waals surface area contributed by atoms with E-state index in [9.17, 15) is 17.6 Å². The van der Waals surface area contributed by atoms with Gasteiger partial charge < -0.3 is 10.6 Å². The van der Waals surface area contributed by atoms with E-state index in [1.54, 1.807) is 12.4 Å². The maximum absolute atomic E-state index is 13.2. The van der Waals surface area contributed by atoms with Crippen LogP contribution in [0.3, 0.4) is 0 Å². The molecule has 2 rings (SSSR count). The van der Waals surface area contributed by atoms with Crippen molar-refractivity contribution in [2.45, 2.75) is 33.0 Å². The summed E-state index contributed by atoms with van der Waals surface area (Å²) in [5.41, 5.74) is 1.12. The van der Waals surface area contributed by atoms with Crippen LogP contribution >= 0.6 is 0 Å². The van der Waals surface area contributed by atoms with Gasteiger partial charge in [0.05, 0.1) is 12.1 Å². The molecule has 0 atom stereocenters. The smallest absolute Gasteiger partial charge is 0.357 e. The van der Waals surface area contributed by atoms with E-state index in [2.05, 4.69) is 20.6 Å².